The van der Waals surface area contributed by atoms with Gasteiger partial charge in [-0.25, -0.2) is 4.79 Å². The maximum absolute atomic E-state index is 12.8. The number of benzene rings is 2. The molecule has 0 radical (unpaired) electrons. The van der Waals surface area contributed by atoms with E-state index in [2.05, 4.69) is 10.6 Å². The monoisotopic (exact) mass is 377 g/mol. The van der Waals surface area contributed by atoms with Gasteiger partial charge in [0.05, 0.1) is 5.57 Å². The van der Waals surface area contributed by atoms with Gasteiger partial charge in [0, 0.05) is 30.4 Å². The van der Waals surface area contributed by atoms with Gasteiger partial charge in [-0.05, 0) is 37.1 Å². The minimum Gasteiger partial charge on any atom is -0.488 e. The number of carbonyl (C=O) groups excluding carboxylic acids is 2. The van der Waals surface area contributed by atoms with E-state index in [9.17, 15) is 9.59 Å². The van der Waals surface area contributed by atoms with Crippen molar-refractivity contribution >= 4 is 23.7 Å². The summed E-state index contributed by atoms with van der Waals surface area (Å²) in [5.74, 6) is 0.827. The molecule has 0 aromatic heterocycles. The summed E-state index contributed by atoms with van der Waals surface area (Å²) in [6, 6.07) is 16.9. The van der Waals surface area contributed by atoms with Crippen molar-refractivity contribution < 1.29 is 14.3 Å². The van der Waals surface area contributed by atoms with E-state index in [4.69, 9.17) is 4.74 Å². The van der Waals surface area contributed by atoms with E-state index in [0.717, 1.165) is 29.8 Å². The first-order valence-corrected chi connectivity index (χ1v) is 9.53. The topological polar surface area (TPSA) is 70.7 Å². The molecule has 6 heteroatoms. The van der Waals surface area contributed by atoms with Crippen LogP contribution in [0.2, 0.25) is 0 Å². The second kappa shape index (κ2) is 8.17. The summed E-state index contributed by atoms with van der Waals surface area (Å²) in [6.07, 6.45) is 3.39. The number of hydrogen-bond acceptors (Lipinski definition) is 3. The van der Waals surface area contributed by atoms with Crippen molar-refractivity contribution in [1.29, 1.82) is 0 Å². The van der Waals surface area contributed by atoms with Crippen LogP contribution in [-0.4, -0.2) is 42.6 Å². The molecule has 1 saturated heterocycles. The molecule has 2 aromatic carbocycles. The summed E-state index contributed by atoms with van der Waals surface area (Å²) >= 11 is 0. The van der Waals surface area contributed by atoms with Gasteiger partial charge in [0.1, 0.15) is 12.4 Å². The van der Waals surface area contributed by atoms with Crippen molar-refractivity contribution in [3.63, 3.8) is 0 Å². The van der Waals surface area contributed by atoms with E-state index in [1.807, 2.05) is 65.6 Å². The van der Waals surface area contributed by atoms with Crippen molar-refractivity contribution in [3.8, 4) is 5.75 Å². The number of piperidine rings is 1. The highest BCUT2D eigenvalue weighted by Gasteiger charge is 2.27. The van der Waals surface area contributed by atoms with Gasteiger partial charge in [0.2, 0.25) is 0 Å². The zero-order chi connectivity index (χ0) is 19.3. The van der Waals surface area contributed by atoms with Crippen LogP contribution < -0.4 is 15.4 Å². The summed E-state index contributed by atoms with van der Waals surface area (Å²) in [7, 11) is 0. The van der Waals surface area contributed by atoms with Crippen molar-refractivity contribution in [3.05, 3.63) is 65.7 Å². The predicted molar refractivity (Wildman–Crippen MR) is 108 cm³/mol. The first kappa shape index (κ1) is 18.1. The van der Waals surface area contributed by atoms with E-state index in [1.165, 1.54) is 0 Å². The zero-order valence-corrected chi connectivity index (χ0v) is 15.6. The maximum atomic E-state index is 12.8. The third-order valence-corrected chi connectivity index (χ3v) is 5.06. The van der Waals surface area contributed by atoms with Crippen LogP contribution in [-0.2, 0) is 4.79 Å². The molecule has 0 atom stereocenters. The van der Waals surface area contributed by atoms with Gasteiger partial charge in [0.15, 0.2) is 0 Å². The van der Waals surface area contributed by atoms with Gasteiger partial charge in [-0.3, -0.25) is 4.79 Å². The van der Waals surface area contributed by atoms with E-state index >= 15 is 0 Å². The normalized spacial score (nSPS) is 16.4. The van der Waals surface area contributed by atoms with Gasteiger partial charge in [-0.15, -0.1) is 0 Å². The highest BCUT2D eigenvalue weighted by molar-refractivity contribution is 5.99. The van der Waals surface area contributed by atoms with E-state index in [0.29, 0.717) is 25.3 Å². The minimum absolute atomic E-state index is 0.0155. The number of anilines is 1. The maximum Gasteiger partial charge on any atom is 0.319 e. The van der Waals surface area contributed by atoms with Gasteiger partial charge in [0.25, 0.3) is 5.91 Å². The lowest BCUT2D eigenvalue weighted by Gasteiger charge is -2.33. The highest BCUT2D eigenvalue weighted by atomic mass is 16.5. The third kappa shape index (κ3) is 4.17. The lowest BCUT2D eigenvalue weighted by Crippen LogP contribution is -2.48. The first-order chi connectivity index (χ1) is 13.7. The molecule has 2 heterocycles. The molecule has 0 unspecified atom stereocenters. The molecule has 0 saturated carbocycles. The fourth-order valence-corrected chi connectivity index (χ4v) is 3.54. The molecular formula is C22H23N3O3. The molecule has 144 valence electrons. The number of hydrogen-bond donors (Lipinski definition) is 2. The number of urea groups is 1. The smallest absolute Gasteiger partial charge is 0.319 e. The predicted octanol–water partition coefficient (Wildman–Crippen LogP) is 3.28. The van der Waals surface area contributed by atoms with E-state index in [-0.39, 0.29) is 18.0 Å². The molecule has 2 aliphatic rings. The Bertz CT molecular complexity index is 887. The molecule has 0 spiro atoms. The van der Waals surface area contributed by atoms with Crippen LogP contribution in [0.5, 0.6) is 5.75 Å². The zero-order valence-electron chi connectivity index (χ0n) is 15.6. The summed E-state index contributed by atoms with van der Waals surface area (Å²) < 4.78 is 5.70. The molecule has 2 N–H and O–H groups in total. The molecular weight excluding hydrogens is 354 g/mol. The minimum atomic E-state index is -0.212. The number of para-hydroxylation sites is 2. The van der Waals surface area contributed by atoms with Crippen LogP contribution in [0, 0.1) is 0 Å². The number of carbonyl (C=O) groups is 2. The Labute approximate surface area is 164 Å². The Morgan fingerprint density at radius 1 is 0.964 bits per heavy atom. The fraction of sp³-hybridized carbons (Fsp3) is 0.273. The fourth-order valence-electron chi connectivity index (χ4n) is 3.54. The number of nitrogens with zero attached hydrogens (tertiary/aromatic N) is 1. The van der Waals surface area contributed by atoms with Crippen molar-refractivity contribution in [2.45, 2.75) is 18.9 Å². The van der Waals surface area contributed by atoms with Crippen LogP contribution in [0.15, 0.2) is 60.2 Å². The molecule has 0 aliphatic carbocycles. The van der Waals surface area contributed by atoms with Gasteiger partial charge in [-0.1, -0.05) is 36.4 Å². The Morgan fingerprint density at radius 2 is 1.68 bits per heavy atom. The summed E-state index contributed by atoms with van der Waals surface area (Å²) in [6.45, 7) is 1.54. The molecule has 1 fully saturated rings. The Hall–Kier alpha value is -3.28. The largest absolute Gasteiger partial charge is 0.488 e. The Kier molecular flexibility index (Phi) is 5.28. The molecule has 0 bridgehead atoms. The van der Waals surface area contributed by atoms with Crippen LogP contribution in [0.3, 0.4) is 0 Å². The van der Waals surface area contributed by atoms with Crippen LogP contribution in [0.1, 0.15) is 18.4 Å². The highest BCUT2D eigenvalue weighted by Crippen LogP contribution is 2.27. The van der Waals surface area contributed by atoms with Gasteiger partial charge >= 0.3 is 6.03 Å². The summed E-state index contributed by atoms with van der Waals surface area (Å²) in [4.78, 5) is 26.8. The average molecular weight is 377 g/mol. The van der Waals surface area contributed by atoms with Crippen LogP contribution >= 0.6 is 0 Å². The molecule has 2 aliphatic heterocycles. The molecule has 4 rings (SSSR count). The number of ether oxygens (including phenoxy) is 1. The third-order valence-electron chi connectivity index (χ3n) is 5.06. The quantitative estimate of drug-likeness (QED) is 0.862. The number of fused-ring (bicyclic) bond motifs is 1. The lowest BCUT2D eigenvalue weighted by atomic mass is 10.0. The Morgan fingerprint density at radius 3 is 2.46 bits per heavy atom. The molecule has 3 amide bonds. The molecule has 2 aromatic rings. The van der Waals surface area contributed by atoms with E-state index < -0.39 is 0 Å². The number of amides is 3. The van der Waals surface area contributed by atoms with Gasteiger partial charge < -0.3 is 20.3 Å². The lowest BCUT2D eigenvalue weighted by molar-refractivity contribution is -0.128. The number of likely N-dealkylation sites (tertiary alicyclic amines) is 1. The number of rotatable bonds is 3. The van der Waals surface area contributed by atoms with Crippen LogP contribution in [0.25, 0.3) is 6.08 Å². The van der Waals surface area contributed by atoms with Crippen molar-refractivity contribution in [2.24, 2.45) is 0 Å². The van der Waals surface area contributed by atoms with E-state index in [1.54, 1.807) is 0 Å². The summed E-state index contributed by atoms with van der Waals surface area (Å²) in [5, 5.41) is 5.82. The Balaban J connectivity index is 1.29. The molecule has 28 heavy (non-hydrogen) atoms. The van der Waals surface area contributed by atoms with Crippen molar-refractivity contribution in [1.82, 2.24) is 10.2 Å². The first-order valence-electron chi connectivity index (χ1n) is 9.53. The van der Waals surface area contributed by atoms with Crippen molar-refractivity contribution in [2.75, 3.05) is 25.0 Å². The van der Waals surface area contributed by atoms with Crippen LogP contribution in [0.4, 0.5) is 10.5 Å². The standard InChI is InChI=1S/C22H23N3O3/c26-21(17-14-16-6-4-5-9-20(16)28-15-17)25-12-10-19(11-13-25)24-22(27)23-18-7-2-1-3-8-18/h1-9,14,19H,10-13,15H2,(H2,23,24,27). The second-order valence-electron chi connectivity index (χ2n) is 7.03. The molecule has 6 nitrogen and oxygen atoms in total. The van der Waals surface area contributed by atoms with Gasteiger partial charge in [-0.2, -0.15) is 0 Å². The summed E-state index contributed by atoms with van der Waals surface area (Å²) in [5.41, 5.74) is 2.37. The number of nitrogens with one attached hydrogen (secondary N) is 2. The SMILES string of the molecule is O=C(Nc1ccccc1)NC1CCN(C(=O)C2=Cc3ccccc3OC2)CC1. The average Bonchev–Trinajstić information content (AvgIpc) is 2.74. The second-order valence-corrected chi connectivity index (χ2v) is 7.03.